The van der Waals surface area contributed by atoms with Crippen LogP contribution < -0.4 is 0 Å². The molecule has 0 amide bonds. The molecule has 0 saturated carbocycles. The molecule has 0 radical (unpaired) electrons. The quantitative estimate of drug-likeness (QED) is 0.563. The van der Waals surface area contributed by atoms with Gasteiger partial charge in [0.05, 0.1) is 11.1 Å². The fourth-order valence-corrected chi connectivity index (χ4v) is 5.28. The first-order chi connectivity index (χ1) is 6.86. The molecular formula is C8H3I3O4. The molecule has 0 aliphatic heterocycles. The van der Waals surface area contributed by atoms with Gasteiger partial charge in [0.25, 0.3) is 0 Å². The molecule has 0 fully saturated rings. The molecular weight excluding hydrogens is 541 g/mol. The van der Waals surface area contributed by atoms with Crippen molar-refractivity contribution < 1.29 is 19.8 Å². The minimum absolute atomic E-state index is 0.0500. The molecule has 80 valence electrons. The highest BCUT2D eigenvalue weighted by atomic mass is 127. The molecule has 15 heavy (non-hydrogen) atoms. The van der Waals surface area contributed by atoms with E-state index in [2.05, 4.69) is 0 Å². The van der Waals surface area contributed by atoms with Crippen LogP contribution >= 0.6 is 67.8 Å². The van der Waals surface area contributed by atoms with Gasteiger partial charge in [-0.1, -0.05) is 0 Å². The Balaban J connectivity index is 3.64. The van der Waals surface area contributed by atoms with Crippen molar-refractivity contribution >= 4 is 79.7 Å². The van der Waals surface area contributed by atoms with Crippen molar-refractivity contribution in [2.75, 3.05) is 0 Å². The zero-order valence-corrected chi connectivity index (χ0v) is 13.4. The average Bonchev–Trinajstić information content (AvgIpc) is 1.99. The van der Waals surface area contributed by atoms with Gasteiger partial charge in [-0.3, -0.25) is 0 Å². The van der Waals surface area contributed by atoms with Crippen LogP contribution in [0.4, 0.5) is 0 Å². The van der Waals surface area contributed by atoms with Crippen molar-refractivity contribution in [3.8, 4) is 0 Å². The molecule has 2 N–H and O–H groups in total. The van der Waals surface area contributed by atoms with E-state index in [1.807, 2.05) is 45.2 Å². The molecule has 1 aromatic rings. The zero-order chi connectivity index (χ0) is 11.7. The number of aromatic carboxylic acids is 2. The topological polar surface area (TPSA) is 74.6 Å². The van der Waals surface area contributed by atoms with Crippen LogP contribution in [0.5, 0.6) is 0 Å². The molecule has 0 aromatic heterocycles. The second-order valence-electron chi connectivity index (χ2n) is 2.51. The average molecular weight is 544 g/mol. The van der Waals surface area contributed by atoms with Crippen molar-refractivity contribution in [2.45, 2.75) is 0 Å². The lowest BCUT2D eigenvalue weighted by Gasteiger charge is -2.08. The Morgan fingerprint density at radius 2 is 1.27 bits per heavy atom. The highest BCUT2D eigenvalue weighted by Crippen LogP contribution is 2.27. The number of carbonyl (C=O) groups is 2. The predicted octanol–water partition coefficient (Wildman–Crippen LogP) is 2.90. The van der Waals surface area contributed by atoms with Gasteiger partial charge in [0.15, 0.2) is 0 Å². The second-order valence-corrected chi connectivity index (χ2v) is 5.92. The van der Waals surface area contributed by atoms with Crippen LogP contribution in [0.15, 0.2) is 6.07 Å². The summed E-state index contributed by atoms with van der Waals surface area (Å²) in [7, 11) is 0. The standard InChI is InChI=1S/C8H3I3O4/c9-2-1-3(10)5(8(14)15)6(11)4(2)7(12)13/h1H,(H,12,13)(H,14,15). The molecule has 0 spiro atoms. The second kappa shape index (κ2) is 5.12. The first kappa shape index (κ1) is 13.4. The summed E-state index contributed by atoms with van der Waals surface area (Å²) in [4.78, 5) is 21.8. The Kier molecular flexibility index (Phi) is 4.58. The van der Waals surface area contributed by atoms with Crippen LogP contribution in [0, 0.1) is 10.7 Å². The van der Waals surface area contributed by atoms with Gasteiger partial charge >= 0.3 is 11.9 Å². The molecule has 0 bridgehead atoms. The number of halogens is 3. The van der Waals surface area contributed by atoms with E-state index in [9.17, 15) is 9.59 Å². The van der Waals surface area contributed by atoms with Crippen molar-refractivity contribution in [3.05, 3.63) is 27.9 Å². The van der Waals surface area contributed by atoms with E-state index in [1.54, 1.807) is 28.7 Å². The number of carboxylic acid groups (broad SMARTS) is 2. The van der Waals surface area contributed by atoms with Crippen molar-refractivity contribution in [1.29, 1.82) is 0 Å². The summed E-state index contributed by atoms with van der Waals surface area (Å²) in [6.45, 7) is 0. The van der Waals surface area contributed by atoms with Crippen molar-refractivity contribution in [3.63, 3.8) is 0 Å². The molecule has 0 atom stereocenters. The van der Waals surface area contributed by atoms with Crippen LogP contribution in [-0.2, 0) is 0 Å². The third-order valence-corrected chi connectivity index (χ3v) is 4.38. The number of carboxylic acids is 2. The summed E-state index contributed by atoms with van der Waals surface area (Å²) in [5, 5.41) is 17.9. The third-order valence-electron chi connectivity index (χ3n) is 1.60. The Morgan fingerprint density at radius 3 is 1.53 bits per heavy atom. The Labute approximate surface area is 126 Å². The molecule has 4 nitrogen and oxygen atoms in total. The number of rotatable bonds is 2. The summed E-state index contributed by atoms with van der Waals surface area (Å²) >= 11 is 5.52. The maximum atomic E-state index is 10.9. The smallest absolute Gasteiger partial charge is 0.337 e. The van der Waals surface area contributed by atoms with Gasteiger partial charge in [-0.25, -0.2) is 9.59 Å². The molecule has 0 heterocycles. The number of hydrogen-bond donors (Lipinski definition) is 2. The maximum Gasteiger partial charge on any atom is 0.337 e. The number of hydrogen-bond acceptors (Lipinski definition) is 2. The summed E-state index contributed by atoms with van der Waals surface area (Å²) < 4.78 is 1.35. The minimum Gasteiger partial charge on any atom is -0.478 e. The van der Waals surface area contributed by atoms with Gasteiger partial charge < -0.3 is 10.2 Å². The normalized spacial score (nSPS) is 10.1. The van der Waals surface area contributed by atoms with Crippen LogP contribution in [0.2, 0.25) is 0 Å². The van der Waals surface area contributed by atoms with Gasteiger partial charge in [-0.15, -0.1) is 0 Å². The molecule has 1 aromatic carbocycles. The van der Waals surface area contributed by atoms with Gasteiger partial charge in [0, 0.05) is 10.7 Å². The monoisotopic (exact) mass is 544 g/mol. The fraction of sp³-hybridized carbons (Fsp3) is 0. The Hall–Kier alpha value is 0.350. The van der Waals surface area contributed by atoms with Gasteiger partial charge in [-0.2, -0.15) is 0 Å². The van der Waals surface area contributed by atoms with Crippen LogP contribution in [0.1, 0.15) is 20.7 Å². The first-order valence-electron chi connectivity index (χ1n) is 3.50. The molecule has 0 aliphatic rings. The van der Waals surface area contributed by atoms with Gasteiger partial charge in [0.2, 0.25) is 0 Å². The first-order valence-corrected chi connectivity index (χ1v) is 6.74. The highest BCUT2D eigenvalue weighted by Gasteiger charge is 2.22. The van der Waals surface area contributed by atoms with Crippen molar-refractivity contribution in [1.82, 2.24) is 0 Å². The van der Waals surface area contributed by atoms with E-state index in [4.69, 9.17) is 10.2 Å². The fourth-order valence-electron chi connectivity index (χ4n) is 0.982. The number of benzene rings is 1. The van der Waals surface area contributed by atoms with Gasteiger partial charge in [-0.05, 0) is 73.8 Å². The maximum absolute atomic E-state index is 10.9. The summed E-state index contributed by atoms with van der Waals surface area (Å²) in [6.07, 6.45) is 0. The van der Waals surface area contributed by atoms with E-state index >= 15 is 0 Å². The summed E-state index contributed by atoms with van der Waals surface area (Å²) in [5.74, 6) is -2.22. The lowest BCUT2D eigenvalue weighted by molar-refractivity contribution is 0.0694. The lowest BCUT2D eigenvalue weighted by Crippen LogP contribution is -2.11. The Bertz CT molecular complexity index is 417. The van der Waals surface area contributed by atoms with E-state index in [0.29, 0.717) is 7.14 Å². The van der Waals surface area contributed by atoms with Crippen LogP contribution in [0.25, 0.3) is 0 Å². The van der Waals surface area contributed by atoms with Gasteiger partial charge in [0.1, 0.15) is 0 Å². The van der Waals surface area contributed by atoms with E-state index < -0.39 is 11.9 Å². The Morgan fingerprint density at radius 1 is 0.933 bits per heavy atom. The zero-order valence-electron chi connectivity index (χ0n) is 6.92. The van der Waals surface area contributed by atoms with Crippen molar-refractivity contribution in [2.24, 2.45) is 0 Å². The van der Waals surface area contributed by atoms with E-state index in [1.165, 1.54) is 0 Å². The largest absolute Gasteiger partial charge is 0.478 e. The molecule has 0 aliphatic carbocycles. The van der Waals surface area contributed by atoms with E-state index in [0.717, 1.165) is 0 Å². The molecule has 0 unspecified atom stereocenters. The predicted molar refractivity (Wildman–Crippen MR) is 78.5 cm³/mol. The van der Waals surface area contributed by atoms with E-state index in [-0.39, 0.29) is 14.7 Å². The lowest BCUT2D eigenvalue weighted by atomic mass is 10.1. The minimum atomic E-state index is -1.11. The van der Waals surface area contributed by atoms with Crippen LogP contribution in [-0.4, -0.2) is 22.2 Å². The highest BCUT2D eigenvalue weighted by molar-refractivity contribution is 14.1. The molecule has 0 saturated heterocycles. The molecule has 1 rings (SSSR count). The summed E-state index contributed by atoms with van der Waals surface area (Å²) in [5.41, 5.74) is 0.100. The summed E-state index contributed by atoms with van der Waals surface area (Å²) in [6, 6.07) is 1.55. The molecule has 7 heteroatoms. The SMILES string of the molecule is O=C(O)c1c(I)cc(I)c(C(=O)O)c1I. The van der Waals surface area contributed by atoms with Crippen LogP contribution in [0.3, 0.4) is 0 Å². The third kappa shape index (κ3) is 2.72.